The highest BCUT2D eigenvalue weighted by atomic mass is 35.5. The van der Waals surface area contributed by atoms with Crippen LogP contribution in [-0.2, 0) is 4.79 Å². The predicted octanol–water partition coefficient (Wildman–Crippen LogP) is 3.56. The van der Waals surface area contributed by atoms with Gasteiger partial charge < -0.3 is 15.6 Å². The topological polar surface area (TPSA) is 72.9 Å². The molecule has 0 atom stereocenters. The molecule has 2 aromatic rings. The summed E-state index contributed by atoms with van der Waals surface area (Å²) < 4.78 is 1.91. The fourth-order valence-electron chi connectivity index (χ4n) is 2.16. The molecule has 0 fully saturated rings. The summed E-state index contributed by atoms with van der Waals surface area (Å²) >= 11 is 0. The molecule has 2 rings (SSSR count). The van der Waals surface area contributed by atoms with Crippen LogP contribution in [0, 0.1) is 0 Å². The molecular formula is C16H24Cl2N4O. The lowest BCUT2D eigenvalue weighted by molar-refractivity contribution is -0.116. The van der Waals surface area contributed by atoms with Gasteiger partial charge in [-0.25, -0.2) is 4.98 Å². The lowest BCUT2D eigenvalue weighted by Crippen LogP contribution is -2.11. The van der Waals surface area contributed by atoms with Crippen LogP contribution in [0.5, 0.6) is 0 Å². The highest BCUT2D eigenvalue weighted by Gasteiger charge is 2.03. The molecule has 23 heavy (non-hydrogen) atoms. The van der Waals surface area contributed by atoms with E-state index in [1.165, 1.54) is 0 Å². The van der Waals surface area contributed by atoms with Crippen molar-refractivity contribution in [2.24, 2.45) is 5.73 Å². The average molecular weight is 359 g/mol. The molecule has 5 nitrogen and oxygen atoms in total. The lowest BCUT2D eigenvalue weighted by Gasteiger charge is -2.08. The summed E-state index contributed by atoms with van der Waals surface area (Å²) in [5, 5.41) is 2.94. The van der Waals surface area contributed by atoms with E-state index in [1.807, 2.05) is 35.0 Å². The Hall–Kier alpha value is -1.56. The number of benzene rings is 1. The van der Waals surface area contributed by atoms with E-state index in [1.54, 1.807) is 12.5 Å². The van der Waals surface area contributed by atoms with Crippen molar-refractivity contribution in [3.63, 3.8) is 0 Å². The number of nitrogens with one attached hydrogen (secondary N) is 1. The van der Waals surface area contributed by atoms with Gasteiger partial charge in [0.25, 0.3) is 0 Å². The van der Waals surface area contributed by atoms with Crippen LogP contribution in [0.3, 0.4) is 0 Å². The number of unbranched alkanes of at least 4 members (excludes halogenated alkanes) is 3. The van der Waals surface area contributed by atoms with Crippen molar-refractivity contribution in [2.45, 2.75) is 32.1 Å². The zero-order valence-corrected chi connectivity index (χ0v) is 14.6. The van der Waals surface area contributed by atoms with E-state index in [-0.39, 0.29) is 30.7 Å². The Bertz CT molecular complexity index is 561. The molecule has 1 aromatic heterocycles. The molecule has 1 aromatic carbocycles. The van der Waals surface area contributed by atoms with Crippen LogP contribution in [0.2, 0.25) is 0 Å². The van der Waals surface area contributed by atoms with Crippen molar-refractivity contribution in [2.75, 3.05) is 11.9 Å². The third-order valence-electron chi connectivity index (χ3n) is 3.29. The highest BCUT2D eigenvalue weighted by Crippen LogP contribution is 2.15. The molecule has 1 amide bonds. The summed E-state index contributed by atoms with van der Waals surface area (Å²) in [4.78, 5) is 15.9. The second-order valence-electron chi connectivity index (χ2n) is 5.02. The lowest BCUT2D eigenvalue weighted by atomic mass is 10.1. The molecule has 0 aliphatic carbocycles. The Balaban J connectivity index is 0.00000242. The van der Waals surface area contributed by atoms with E-state index in [0.29, 0.717) is 6.42 Å². The number of anilines is 1. The van der Waals surface area contributed by atoms with Gasteiger partial charge in [0, 0.05) is 30.2 Å². The van der Waals surface area contributed by atoms with Crippen LogP contribution in [0.25, 0.3) is 5.69 Å². The zero-order chi connectivity index (χ0) is 14.9. The first-order valence-corrected chi connectivity index (χ1v) is 7.38. The van der Waals surface area contributed by atoms with Crippen molar-refractivity contribution < 1.29 is 4.79 Å². The van der Waals surface area contributed by atoms with E-state index in [0.717, 1.165) is 43.6 Å². The van der Waals surface area contributed by atoms with Crippen molar-refractivity contribution in [3.8, 4) is 5.69 Å². The molecule has 128 valence electrons. The van der Waals surface area contributed by atoms with Crippen molar-refractivity contribution in [1.82, 2.24) is 9.55 Å². The quantitative estimate of drug-likeness (QED) is 0.708. The highest BCUT2D eigenvalue weighted by molar-refractivity contribution is 5.90. The van der Waals surface area contributed by atoms with E-state index < -0.39 is 0 Å². The van der Waals surface area contributed by atoms with Crippen LogP contribution >= 0.6 is 24.8 Å². The summed E-state index contributed by atoms with van der Waals surface area (Å²) in [6, 6.07) is 7.73. The maximum Gasteiger partial charge on any atom is 0.224 e. The van der Waals surface area contributed by atoms with Gasteiger partial charge in [0.05, 0.1) is 6.33 Å². The largest absolute Gasteiger partial charge is 0.330 e. The normalized spacial score (nSPS) is 9.61. The molecule has 3 N–H and O–H groups in total. The average Bonchev–Trinajstić information content (AvgIpc) is 3.01. The van der Waals surface area contributed by atoms with Gasteiger partial charge in [0.2, 0.25) is 5.91 Å². The Morgan fingerprint density at radius 2 is 1.96 bits per heavy atom. The number of imidazole rings is 1. The molecule has 0 unspecified atom stereocenters. The van der Waals surface area contributed by atoms with Gasteiger partial charge in [-0.15, -0.1) is 24.8 Å². The fourth-order valence-corrected chi connectivity index (χ4v) is 2.16. The third kappa shape index (κ3) is 7.50. The Morgan fingerprint density at radius 1 is 1.17 bits per heavy atom. The molecule has 0 radical (unpaired) electrons. The molecule has 0 saturated carbocycles. The second kappa shape index (κ2) is 11.9. The number of hydrogen-bond acceptors (Lipinski definition) is 3. The number of aromatic nitrogens is 2. The van der Waals surface area contributed by atoms with E-state index in [4.69, 9.17) is 5.73 Å². The number of hydrogen-bond donors (Lipinski definition) is 2. The Kier molecular flexibility index (Phi) is 11.1. The van der Waals surface area contributed by atoms with Crippen LogP contribution in [-0.4, -0.2) is 22.0 Å². The van der Waals surface area contributed by atoms with Crippen molar-refractivity contribution in [1.29, 1.82) is 0 Å². The van der Waals surface area contributed by atoms with Gasteiger partial charge in [-0.1, -0.05) is 18.9 Å². The molecule has 0 spiro atoms. The summed E-state index contributed by atoms with van der Waals surface area (Å²) in [5.41, 5.74) is 7.23. The first-order chi connectivity index (χ1) is 10.3. The third-order valence-corrected chi connectivity index (χ3v) is 3.29. The zero-order valence-electron chi connectivity index (χ0n) is 13.0. The summed E-state index contributed by atoms with van der Waals surface area (Å²) in [6.45, 7) is 0.729. The number of nitrogens with zero attached hydrogens (tertiary/aromatic N) is 2. The van der Waals surface area contributed by atoms with Gasteiger partial charge in [-0.3, -0.25) is 4.79 Å². The fraction of sp³-hybridized carbons (Fsp3) is 0.375. The van der Waals surface area contributed by atoms with Gasteiger partial charge in [-0.2, -0.15) is 0 Å². The predicted molar refractivity (Wildman–Crippen MR) is 98.8 cm³/mol. The number of amides is 1. The molecule has 0 bridgehead atoms. The maximum absolute atomic E-state index is 11.9. The first kappa shape index (κ1) is 21.4. The standard InChI is InChI=1S/C16H22N4O.2ClH/c17-9-4-2-1-3-8-16(21)19-14-6-5-7-15(12-14)20-11-10-18-13-20;;/h5-7,10-13H,1-4,8-9,17H2,(H,19,21);2*1H. The van der Waals surface area contributed by atoms with Gasteiger partial charge >= 0.3 is 0 Å². The minimum atomic E-state index is 0. The molecule has 7 heteroatoms. The number of carbonyl (C=O) groups excluding carboxylic acids is 1. The summed E-state index contributed by atoms with van der Waals surface area (Å²) in [7, 11) is 0. The van der Waals surface area contributed by atoms with Gasteiger partial charge in [0.15, 0.2) is 0 Å². The summed E-state index contributed by atoms with van der Waals surface area (Å²) in [6.07, 6.45) is 9.99. The van der Waals surface area contributed by atoms with E-state index >= 15 is 0 Å². The number of halogens is 2. The maximum atomic E-state index is 11.9. The number of carbonyl (C=O) groups is 1. The van der Waals surface area contributed by atoms with Crippen LogP contribution in [0.15, 0.2) is 43.0 Å². The Morgan fingerprint density at radius 3 is 2.65 bits per heavy atom. The second-order valence-corrected chi connectivity index (χ2v) is 5.02. The minimum absolute atomic E-state index is 0. The molecular weight excluding hydrogens is 335 g/mol. The number of rotatable bonds is 8. The molecule has 0 saturated heterocycles. The van der Waals surface area contributed by atoms with Crippen molar-refractivity contribution >= 4 is 36.4 Å². The molecule has 1 heterocycles. The van der Waals surface area contributed by atoms with E-state index in [2.05, 4.69) is 10.3 Å². The van der Waals surface area contributed by atoms with Crippen LogP contribution < -0.4 is 11.1 Å². The van der Waals surface area contributed by atoms with E-state index in [9.17, 15) is 4.79 Å². The monoisotopic (exact) mass is 358 g/mol. The van der Waals surface area contributed by atoms with Gasteiger partial charge in [0.1, 0.15) is 0 Å². The molecule has 0 aliphatic rings. The van der Waals surface area contributed by atoms with Crippen LogP contribution in [0.4, 0.5) is 5.69 Å². The van der Waals surface area contributed by atoms with Gasteiger partial charge in [-0.05, 0) is 37.6 Å². The smallest absolute Gasteiger partial charge is 0.224 e. The number of nitrogens with two attached hydrogens (primary N) is 1. The Labute approximate surface area is 149 Å². The first-order valence-electron chi connectivity index (χ1n) is 7.38. The minimum Gasteiger partial charge on any atom is -0.330 e. The SMILES string of the molecule is Cl.Cl.NCCCCCCC(=O)Nc1cccc(-n2ccnc2)c1. The summed E-state index contributed by atoms with van der Waals surface area (Å²) in [5.74, 6) is 0.0607. The van der Waals surface area contributed by atoms with Crippen molar-refractivity contribution in [3.05, 3.63) is 43.0 Å². The van der Waals surface area contributed by atoms with Crippen LogP contribution in [0.1, 0.15) is 32.1 Å². The molecule has 0 aliphatic heterocycles.